The zero-order valence-electron chi connectivity index (χ0n) is 19.1. The third-order valence-corrected chi connectivity index (χ3v) is 6.14. The van der Waals surface area contributed by atoms with Gasteiger partial charge < -0.3 is 20.6 Å². The molecule has 3 N–H and O–H groups in total. The van der Waals surface area contributed by atoms with Crippen LogP contribution in [0.3, 0.4) is 0 Å². The lowest BCUT2D eigenvalue weighted by Gasteiger charge is -2.26. The number of allylic oxidation sites excluding steroid dienone is 1. The third kappa shape index (κ3) is 7.57. The van der Waals surface area contributed by atoms with E-state index in [0.717, 1.165) is 38.8 Å². The van der Waals surface area contributed by atoms with Crippen LogP contribution in [0.5, 0.6) is 0 Å². The Morgan fingerprint density at radius 3 is 2.50 bits per heavy atom. The number of piperidine rings is 1. The second-order valence-corrected chi connectivity index (χ2v) is 8.65. The van der Waals surface area contributed by atoms with Crippen LogP contribution in [0.15, 0.2) is 41.0 Å². The molecule has 0 bridgehead atoms. The van der Waals surface area contributed by atoms with Crippen LogP contribution in [0.2, 0.25) is 0 Å². The Hall–Kier alpha value is -2.51. The summed E-state index contributed by atoms with van der Waals surface area (Å²) in [4.78, 5) is 30.6. The number of aliphatic hydroxyl groups excluding tert-OH is 1. The molecular weight excluding hydrogens is 404 g/mol. The number of fused-ring (bicyclic) bond motifs is 1. The number of hydrogen-bond donors (Lipinski definition) is 3. The summed E-state index contributed by atoms with van der Waals surface area (Å²) in [6.07, 6.45) is 8.35. The van der Waals surface area contributed by atoms with Crippen LogP contribution < -0.4 is 10.6 Å². The third-order valence-electron chi connectivity index (χ3n) is 6.14. The zero-order valence-corrected chi connectivity index (χ0v) is 19.1. The Kier molecular flexibility index (Phi) is 9.43. The van der Waals surface area contributed by atoms with Gasteiger partial charge in [-0.1, -0.05) is 30.3 Å². The number of rotatable bonds is 10. The van der Waals surface area contributed by atoms with Crippen molar-refractivity contribution < 1.29 is 14.7 Å². The van der Waals surface area contributed by atoms with E-state index in [2.05, 4.69) is 39.9 Å². The Morgan fingerprint density at radius 2 is 1.84 bits per heavy atom. The van der Waals surface area contributed by atoms with Gasteiger partial charge in [-0.2, -0.15) is 0 Å². The molecule has 0 aromatic heterocycles. The van der Waals surface area contributed by atoms with Crippen molar-refractivity contribution in [2.75, 3.05) is 26.2 Å². The Bertz CT molecular complexity index is 805. The highest BCUT2D eigenvalue weighted by Gasteiger charge is 2.21. The maximum Gasteiger partial charge on any atom is 0.228 e. The van der Waals surface area contributed by atoms with Crippen LogP contribution in [0.25, 0.3) is 0 Å². The van der Waals surface area contributed by atoms with E-state index in [4.69, 9.17) is 0 Å². The van der Waals surface area contributed by atoms with E-state index in [1.54, 1.807) is 0 Å². The van der Waals surface area contributed by atoms with Gasteiger partial charge in [0, 0.05) is 44.1 Å². The average Bonchev–Trinajstić information content (AvgIpc) is 3.24. The summed E-state index contributed by atoms with van der Waals surface area (Å²) in [5.74, 6) is -0.0979. The van der Waals surface area contributed by atoms with Gasteiger partial charge in [0.1, 0.15) is 0 Å². The molecule has 3 rings (SSSR count). The molecule has 1 heterocycles. The van der Waals surface area contributed by atoms with Crippen LogP contribution in [0, 0.1) is 0 Å². The molecule has 1 saturated heterocycles. The van der Waals surface area contributed by atoms with E-state index in [1.165, 1.54) is 23.8 Å². The zero-order chi connectivity index (χ0) is 22.8. The molecular formula is C25H36N4O3. The highest BCUT2D eigenvalue weighted by atomic mass is 16.3. The summed E-state index contributed by atoms with van der Waals surface area (Å²) < 4.78 is 0. The molecule has 7 nitrogen and oxygen atoms in total. The molecule has 32 heavy (non-hydrogen) atoms. The van der Waals surface area contributed by atoms with Gasteiger partial charge >= 0.3 is 0 Å². The number of aliphatic hydroxyl groups is 1. The van der Waals surface area contributed by atoms with Crippen molar-refractivity contribution in [2.45, 2.75) is 64.0 Å². The predicted molar refractivity (Wildman–Crippen MR) is 127 cm³/mol. The lowest BCUT2D eigenvalue weighted by Crippen LogP contribution is -2.41. The molecule has 2 aliphatic rings. The lowest BCUT2D eigenvalue weighted by molar-refractivity contribution is -0.131. The molecule has 1 unspecified atom stereocenters. The van der Waals surface area contributed by atoms with Gasteiger partial charge in [-0.3, -0.25) is 14.6 Å². The van der Waals surface area contributed by atoms with Gasteiger partial charge in [-0.15, -0.1) is 0 Å². The number of carbonyl (C=O) groups excluding carboxylic acids is 2. The number of carbonyl (C=O) groups is 2. The molecule has 0 spiro atoms. The van der Waals surface area contributed by atoms with E-state index in [-0.39, 0.29) is 31.2 Å². The topological polar surface area (TPSA) is 94.0 Å². The molecule has 174 valence electrons. The van der Waals surface area contributed by atoms with Crippen molar-refractivity contribution >= 4 is 18.0 Å². The smallest absolute Gasteiger partial charge is 0.228 e. The normalized spacial score (nSPS) is 18.1. The Labute approximate surface area is 191 Å². The van der Waals surface area contributed by atoms with Crippen LogP contribution in [0.4, 0.5) is 0 Å². The van der Waals surface area contributed by atoms with E-state index in [9.17, 15) is 14.7 Å². The number of likely N-dealkylation sites (tertiary alicyclic amines) is 1. The maximum absolute atomic E-state index is 12.4. The second kappa shape index (κ2) is 12.5. The number of benzene rings is 1. The summed E-state index contributed by atoms with van der Waals surface area (Å²) in [5.41, 5.74) is 3.41. The molecule has 1 aromatic carbocycles. The number of aliphatic imine (C=N–C) groups is 1. The highest BCUT2D eigenvalue weighted by molar-refractivity contribution is 5.90. The van der Waals surface area contributed by atoms with Gasteiger partial charge in [0.05, 0.1) is 18.9 Å². The molecule has 1 fully saturated rings. The minimum Gasteiger partial charge on any atom is -0.390 e. The molecule has 1 aliphatic carbocycles. The van der Waals surface area contributed by atoms with E-state index in [1.807, 2.05) is 17.9 Å². The monoisotopic (exact) mass is 440 g/mol. The second-order valence-electron chi connectivity index (χ2n) is 8.65. The largest absolute Gasteiger partial charge is 0.390 e. The van der Waals surface area contributed by atoms with Crippen molar-refractivity contribution in [3.63, 3.8) is 0 Å². The first-order chi connectivity index (χ1) is 15.5. The fraction of sp³-hybridized carbons (Fsp3) is 0.560. The molecule has 7 heteroatoms. The fourth-order valence-corrected chi connectivity index (χ4v) is 4.26. The Balaban J connectivity index is 1.30. The minimum absolute atomic E-state index is 0.0976. The first-order valence-corrected chi connectivity index (χ1v) is 11.8. The number of nitrogens with zero attached hydrogens (tertiary/aromatic N) is 2. The first-order valence-electron chi connectivity index (χ1n) is 11.8. The average molecular weight is 441 g/mol. The standard InChI is InChI=1S/C25H36N4O3/c1-2-21(16-25(32)29-12-6-3-7-13-29)26-11-10-24(31)28-18-23(30)17-27-22-14-19-8-4-5-9-20(19)15-22/h2,4-5,8-9,11,22-23,27,30H,3,6-7,10,12-18H2,1H3,(H,28,31)/b21-2-,26-11?. The summed E-state index contributed by atoms with van der Waals surface area (Å²) >= 11 is 0. The predicted octanol–water partition coefficient (Wildman–Crippen LogP) is 1.99. The van der Waals surface area contributed by atoms with Crippen molar-refractivity contribution in [1.29, 1.82) is 0 Å². The number of amides is 2. The van der Waals surface area contributed by atoms with Crippen LogP contribution >= 0.6 is 0 Å². The molecule has 1 atom stereocenters. The highest BCUT2D eigenvalue weighted by Crippen LogP contribution is 2.21. The minimum atomic E-state index is -0.645. The number of nitrogens with one attached hydrogen (secondary N) is 2. The van der Waals surface area contributed by atoms with Gasteiger partial charge in [0.25, 0.3) is 0 Å². The summed E-state index contributed by atoms with van der Waals surface area (Å²) in [6, 6.07) is 8.74. The Morgan fingerprint density at radius 1 is 1.16 bits per heavy atom. The summed E-state index contributed by atoms with van der Waals surface area (Å²) in [7, 11) is 0. The lowest BCUT2D eigenvalue weighted by atomic mass is 10.1. The first kappa shape index (κ1) is 24.1. The van der Waals surface area contributed by atoms with Crippen LogP contribution in [-0.2, 0) is 22.4 Å². The number of hydrogen-bond acceptors (Lipinski definition) is 5. The van der Waals surface area contributed by atoms with Gasteiger partial charge in [0.15, 0.2) is 0 Å². The molecule has 1 aliphatic heterocycles. The van der Waals surface area contributed by atoms with Crippen molar-refractivity contribution in [3.05, 3.63) is 47.2 Å². The van der Waals surface area contributed by atoms with E-state index < -0.39 is 6.10 Å². The molecule has 1 aromatic rings. The molecule has 0 radical (unpaired) electrons. The summed E-state index contributed by atoms with van der Waals surface area (Å²) in [5, 5.41) is 16.3. The van der Waals surface area contributed by atoms with Crippen molar-refractivity contribution in [1.82, 2.24) is 15.5 Å². The van der Waals surface area contributed by atoms with Crippen LogP contribution in [0.1, 0.15) is 50.2 Å². The van der Waals surface area contributed by atoms with Gasteiger partial charge in [0.2, 0.25) is 11.8 Å². The SMILES string of the molecule is C/C=C(/CC(=O)N1CCCCC1)N=CCC(=O)NCC(O)CNC1Cc2ccccc2C1. The van der Waals surface area contributed by atoms with Crippen molar-refractivity contribution in [2.24, 2.45) is 4.99 Å². The quantitative estimate of drug-likeness (QED) is 0.485. The molecule has 2 amide bonds. The molecule has 0 saturated carbocycles. The van der Waals surface area contributed by atoms with E-state index >= 15 is 0 Å². The van der Waals surface area contributed by atoms with Crippen LogP contribution in [-0.4, -0.2) is 66.4 Å². The van der Waals surface area contributed by atoms with Gasteiger partial charge in [-0.05, 0) is 50.2 Å². The van der Waals surface area contributed by atoms with E-state index in [0.29, 0.717) is 18.3 Å². The van der Waals surface area contributed by atoms with Crippen molar-refractivity contribution in [3.8, 4) is 0 Å². The maximum atomic E-state index is 12.4. The fourth-order valence-electron chi connectivity index (χ4n) is 4.26. The van der Waals surface area contributed by atoms with Gasteiger partial charge in [-0.25, -0.2) is 0 Å². The summed E-state index contributed by atoms with van der Waals surface area (Å²) in [6.45, 7) is 4.14.